The molecule has 0 heterocycles. The molecular weight excluding hydrogens is 332 g/mol. The summed E-state index contributed by atoms with van der Waals surface area (Å²) < 4.78 is 5.34. The molecule has 0 saturated carbocycles. The zero-order valence-electron chi connectivity index (χ0n) is 14.8. The minimum absolute atomic E-state index is 0.0154. The Balaban J connectivity index is 1.85. The summed E-state index contributed by atoms with van der Waals surface area (Å²) in [6, 6.07) is 14.9. The van der Waals surface area contributed by atoms with Gasteiger partial charge in [0, 0.05) is 17.2 Å². The molecular formula is C20H22N2O4. The highest BCUT2D eigenvalue weighted by molar-refractivity contribution is 6.09. The van der Waals surface area contributed by atoms with Gasteiger partial charge in [-0.1, -0.05) is 37.3 Å². The highest BCUT2D eigenvalue weighted by Gasteiger charge is 2.11. The third-order valence-corrected chi connectivity index (χ3v) is 3.77. The van der Waals surface area contributed by atoms with Crippen LogP contribution in [-0.2, 0) is 4.79 Å². The van der Waals surface area contributed by atoms with E-state index in [1.807, 2.05) is 19.9 Å². The molecule has 0 aromatic heterocycles. The molecule has 0 aliphatic rings. The third-order valence-electron chi connectivity index (χ3n) is 3.77. The first-order chi connectivity index (χ1) is 12.5. The van der Waals surface area contributed by atoms with Gasteiger partial charge in [-0.15, -0.1) is 0 Å². The lowest BCUT2D eigenvalue weighted by molar-refractivity contribution is -0.122. The van der Waals surface area contributed by atoms with Gasteiger partial charge in [-0.2, -0.15) is 0 Å². The maximum Gasteiger partial charge on any atom is 0.321 e. The standard InChI is InChI=1S/C20H22N2O4/c1-3-14(2)21-20(25)22-18(23)13-26-17-11-9-16(10-12-17)19(24)15-7-5-4-6-8-15/h4-12,14H,3,13H2,1-2H3,(H2,21,22,23,25)/t14-/m1/s1. The van der Waals surface area contributed by atoms with Crippen LogP contribution in [0.5, 0.6) is 5.75 Å². The molecule has 136 valence electrons. The topological polar surface area (TPSA) is 84.5 Å². The molecule has 0 aliphatic heterocycles. The number of ether oxygens (including phenoxy) is 1. The van der Waals surface area contributed by atoms with Crippen LogP contribution in [0.2, 0.25) is 0 Å². The maximum atomic E-state index is 12.3. The van der Waals surface area contributed by atoms with Crippen molar-refractivity contribution < 1.29 is 19.1 Å². The third kappa shape index (κ3) is 5.73. The average Bonchev–Trinajstić information content (AvgIpc) is 2.66. The van der Waals surface area contributed by atoms with Crippen molar-refractivity contribution in [2.24, 2.45) is 0 Å². The van der Waals surface area contributed by atoms with Gasteiger partial charge in [-0.3, -0.25) is 14.9 Å². The van der Waals surface area contributed by atoms with Crippen molar-refractivity contribution in [3.63, 3.8) is 0 Å². The lowest BCUT2D eigenvalue weighted by atomic mass is 10.0. The van der Waals surface area contributed by atoms with Crippen molar-refractivity contribution in [3.8, 4) is 5.75 Å². The Morgan fingerprint density at radius 1 is 0.962 bits per heavy atom. The molecule has 0 unspecified atom stereocenters. The summed E-state index contributed by atoms with van der Waals surface area (Å²) in [6.45, 7) is 3.49. The lowest BCUT2D eigenvalue weighted by Crippen LogP contribution is -2.44. The minimum Gasteiger partial charge on any atom is -0.484 e. The van der Waals surface area contributed by atoms with Gasteiger partial charge in [0.05, 0.1) is 0 Å². The molecule has 1 atom stereocenters. The van der Waals surface area contributed by atoms with E-state index in [9.17, 15) is 14.4 Å². The van der Waals surface area contributed by atoms with E-state index in [1.54, 1.807) is 48.5 Å². The molecule has 0 bridgehead atoms. The highest BCUT2D eigenvalue weighted by atomic mass is 16.5. The molecule has 0 saturated heterocycles. The van der Waals surface area contributed by atoms with E-state index >= 15 is 0 Å². The summed E-state index contributed by atoms with van der Waals surface area (Å²) >= 11 is 0. The van der Waals surface area contributed by atoms with E-state index in [-0.39, 0.29) is 18.4 Å². The number of carbonyl (C=O) groups is 3. The molecule has 2 N–H and O–H groups in total. The van der Waals surface area contributed by atoms with Crippen LogP contribution in [0, 0.1) is 0 Å². The summed E-state index contributed by atoms with van der Waals surface area (Å²) in [5, 5.41) is 4.83. The first-order valence-corrected chi connectivity index (χ1v) is 8.42. The van der Waals surface area contributed by atoms with E-state index in [4.69, 9.17) is 4.74 Å². The normalized spacial score (nSPS) is 11.3. The second-order valence-corrected chi connectivity index (χ2v) is 5.84. The summed E-state index contributed by atoms with van der Waals surface area (Å²) in [6.07, 6.45) is 0.770. The summed E-state index contributed by atoms with van der Waals surface area (Å²) in [5.41, 5.74) is 1.13. The quantitative estimate of drug-likeness (QED) is 0.749. The molecule has 0 spiro atoms. The van der Waals surface area contributed by atoms with E-state index in [1.165, 1.54) is 0 Å². The van der Waals surface area contributed by atoms with Crippen molar-refractivity contribution in [1.82, 2.24) is 10.6 Å². The highest BCUT2D eigenvalue weighted by Crippen LogP contribution is 2.15. The fraction of sp³-hybridized carbons (Fsp3) is 0.250. The van der Waals surface area contributed by atoms with Gasteiger partial charge in [0.15, 0.2) is 12.4 Å². The predicted octanol–water partition coefficient (Wildman–Crippen LogP) is 2.92. The molecule has 3 amide bonds. The van der Waals surface area contributed by atoms with Gasteiger partial charge in [-0.05, 0) is 37.6 Å². The van der Waals surface area contributed by atoms with E-state index in [2.05, 4.69) is 10.6 Å². The number of hydrogen-bond donors (Lipinski definition) is 2. The Bertz CT molecular complexity index is 757. The van der Waals surface area contributed by atoms with E-state index in [0.29, 0.717) is 16.9 Å². The van der Waals surface area contributed by atoms with Crippen molar-refractivity contribution in [1.29, 1.82) is 0 Å². The molecule has 6 heteroatoms. The number of urea groups is 1. The SMILES string of the molecule is CC[C@@H](C)NC(=O)NC(=O)COc1ccc(C(=O)c2ccccc2)cc1. The van der Waals surface area contributed by atoms with Crippen molar-refractivity contribution in [3.05, 3.63) is 65.7 Å². The molecule has 2 aromatic carbocycles. The van der Waals surface area contributed by atoms with Gasteiger partial charge in [0.1, 0.15) is 5.75 Å². The molecule has 0 aliphatic carbocycles. The van der Waals surface area contributed by atoms with Gasteiger partial charge in [0.25, 0.3) is 5.91 Å². The number of benzene rings is 2. The van der Waals surface area contributed by atoms with Crippen molar-refractivity contribution in [2.75, 3.05) is 6.61 Å². The largest absolute Gasteiger partial charge is 0.484 e. The fourth-order valence-corrected chi connectivity index (χ4v) is 2.13. The molecule has 26 heavy (non-hydrogen) atoms. The van der Waals surface area contributed by atoms with Crippen LogP contribution in [0.25, 0.3) is 0 Å². The van der Waals surface area contributed by atoms with Crippen LogP contribution < -0.4 is 15.4 Å². The summed E-state index contributed by atoms with van der Waals surface area (Å²) in [4.78, 5) is 35.6. The summed E-state index contributed by atoms with van der Waals surface area (Å²) in [5.74, 6) is -0.195. The number of ketones is 1. The van der Waals surface area contributed by atoms with Crippen molar-refractivity contribution >= 4 is 17.7 Å². The van der Waals surface area contributed by atoms with Gasteiger partial charge in [0.2, 0.25) is 0 Å². The van der Waals surface area contributed by atoms with Crippen LogP contribution in [0.3, 0.4) is 0 Å². The molecule has 6 nitrogen and oxygen atoms in total. The Hall–Kier alpha value is -3.15. The van der Waals surface area contributed by atoms with Gasteiger partial charge >= 0.3 is 6.03 Å². The van der Waals surface area contributed by atoms with Crippen LogP contribution in [0.1, 0.15) is 36.2 Å². The van der Waals surface area contributed by atoms with E-state index in [0.717, 1.165) is 6.42 Å². The minimum atomic E-state index is -0.546. The number of nitrogens with one attached hydrogen (secondary N) is 2. The Kier molecular flexibility index (Phi) is 6.91. The number of imide groups is 1. The number of amides is 3. The second-order valence-electron chi connectivity index (χ2n) is 5.84. The maximum absolute atomic E-state index is 12.3. The number of carbonyl (C=O) groups excluding carboxylic acids is 3. The smallest absolute Gasteiger partial charge is 0.321 e. The summed E-state index contributed by atoms with van der Waals surface area (Å²) in [7, 11) is 0. The van der Waals surface area contributed by atoms with E-state index < -0.39 is 11.9 Å². The number of rotatable bonds is 7. The first-order valence-electron chi connectivity index (χ1n) is 8.42. The zero-order valence-corrected chi connectivity index (χ0v) is 14.8. The van der Waals surface area contributed by atoms with Gasteiger partial charge < -0.3 is 10.1 Å². The van der Waals surface area contributed by atoms with Crippen LogP contribution in [0.4, 0.5) is 4.79 Å². The molecule has 0 fully saturated rings. The Morgan fingerprint density at radius 3 is 2.19 bits per heavy atom. The molecule has 0 radical (unpaired) electrons. The monoisotopic (exact) mass is 354 g/mol. The van der Waals surface area contributed by atoms with Gasteiger partial charge in [-0.25, -0.2) is 4.79 Å². The Morgan fingerprint density at radius 2 is 1.58 bits per heavy atom. The second kappa shape index (κ2) is 9.36. The lowest BCUT2D eigenvalue weighted by Gasteiger charge is -2.12. The van der Waals surface area contributed by atoms with Crippen LogP contribution in [-0.4, -0.2) is 30.4 Å². The molecule has 2 rings (SSSR count). The number of hydrogen-bond acceptors (Lipinski definition) is 4. The predicted molar refractivity (Wildman–Crippen MR) is 98.2 cm³/mol. The van der Waals surface area contributed by atoms with Crippen molar-refractivity contribution in [2.45, 2.75) is 26.3 Å². The molecule has 2 aromatic rings. The van der Waals surface area contributed by atoms with Crippen LogP contribution >= 0.6 is 0 Å². The zero-order chi connectivity index (χ0) is 18.9. The van der Waals surface area contributed by atoms with Crippen LogP contribution in [0.15, 0.2) is 54.6 Å². The average molecular weight is 354 g/mol. The fourth-order valence-electron chi connectivity index (χ4n) is 2.13. The first kappa shape index (κ1) is 19.2. The Labute approximate surface area is 152 Å².